The largest absolute Gasteiger partial charge is 0.417 e. The number of thioether (sulfide) groups is 1. The van der Waals surface area contributed by atoms with Gasteiger partial charge in [0.25, 0.3) is 5.56 Å². The number of para-hydroxylation sites is 1. The summed E-state index contributed by atoms with van der Waals surface area (Å²) in [6, 6.07) is 9.62. The molecule has 0 saturated carbocycles. The lowest BCUT2D eigenvalue weighted by Gasteiger charge is -2.18. The van der Waals surface area contributed by atoms with E-state index in [1.165, 1.54) is 17.7 Å². The van der Waals surface area contributed by atoms with Crippen molar-refractivity contribution in [1.29, 1.82) is 0 Å². The first kappa shape index (κ1) is 24.1. The Morgan fingerprint density at radius 3 is 2.69 bits per heavy atom. The van der Waals surface area contributed by atoms with Crippen molar-refractivity contribution in [3.05, 3.63) is 63.4 Å². The second-order valence-corrected chi connectivity index (χ2v) is 8.27. The molecule has 11 heteroatoms. The maximum absolute atomic E-state index is 13.0. The number of anilines is 1. The zero-order valence-corrected chi connectivity index (χ0v) is 18.6. The van der Waals surface area contributed by atoms with E-state index < -0.39 is 22.7 Å². The van der Waals surface area contributed by atoms with E-state index >= 15 is 0 Å². The van der Waals surface area contributed by atoms with Crippen molar-refractivity contribution in [3.63, 3.8) is 0 Å². The Morgan fingerprint density at radius 2 is 2.00 bits per heavy atom. The van der Waals surface area contributed by atoms with Crippen LogP contribution in [0.5, 0.6) is 0 Å². The Hall–Kier alpha value is -2.56. The van der Waals surface area contributed by atoms with Gasteiger partial charge >= 0.3 is 6.18 Å². The van der Waals surface area contributed by atoms with Gasteiger partial charge < -0.3 is 10.1 Å². The monoisotopic (exact) mass is 485 g/mol. The number of carbonyl (C=O) groups excluding carboxylic acids is 1. The number of halogens is 4. The van der Waals surface area contributed by atoms with E-state index in [1.807, 2.05) is 0 Å². The van der Waals surface area contributed by atoms with Crippen molar-refractivity contribution in [2.45, 2.75) is 24.3 Å². The molecule has 1 amide bonds. The summed E-state index contributed by atoms with van der Waals surface area (Å²) in [6.07, 6.45) is -4.64. The van der Waals surface area contributed by atoms with Crippen molar-refractivity contribution in [2.24, 2.45) is 0 Å². The Kier molecular flexibility index (Phi) is 7.47. The van der Waals surface area contributed by atoms with Crippen LogP contribution in [0.4, 0.5) is 18.9 Å². The third-order valence-electron chi connectivity index (χ3n) is 4.51. The number of alkyl halides is 3. The molecule has 0 saturated heterocycles. The topological polar surface area (TPSA) is 73.2 Å². The number of ether oxygens (including phenoxy) is 1. The van der Waals surface area contributed by atoms with Crippen LogP contribution >= 0.6 is 23.4 Å². The van der Waals surface area contributed by atoms with Crippen LogP contribution < -0.4 is 10.9 Å². The highest BCUT2D eigenvalue weighted by molar-refractivity contribution is 7.99. The van der Waals surface area contributed by atoms with E-state index in [2.05, 4.69) is 10.3 Å². The lowest BCUT2D eigenvalue weighted by molar-refractivity contribution is -0.137. The van der Waals surface area contributed by atoms with Crippen LogP contribution in [0.1, 0.15) is 18.5 Å². The molecule has 6 nitrogen and oxygen atoms in total. The van der Waals surface area contributed by atoms with Crippen LogP contribution in [0.3, 0.4) is 0 Å². The minimum absolute atomic E-state index is 0.0380. The van der Waals surface area contributed by atoms with Gasteiger partial charge in [-0.05, 0) is 37.3 Å². The molecule has 170 valence electrons. The van der Waals surface area contributed by atoms with E-state index in [0.717, 1.165) is 23.9 Å². The third-order valence-corrected chi connectivity index (χ3v) is 5.79. The molecule has 1 aromatic heterocycles. The predicted molar refractivity (Wildman–Crippen MR) is 118 cm³/mol. The Balaban J connectivity index is 1.83. The summed E-state index contributed by atoms with van der Waals surface area (Å²) < 4.78 is 45.7. The van der Waals surface area contributed by atoms with Gasteiger partial charge in [-0.2, -0.15) is 13.2 Å². The Labute approximate surface area is 190 Å². The first-order valence-electron chi connectivity index (χ1n) is 9.41. The molecule has 1 heterocycles. The van der Waals surface area contributed by atoms with Gasteiger partial charge in [-0.1, -0.05) is 35.5 Å². The van der Waals surface area contributed by atoms with E-state index in [0.29, 0.717) is 16.1 Å². The van der Waals surface area contributed by atoms with Crippen molar-refractivity contribution < 1.29 is 22.7 Å². The summed E-state index contributed by atoms with van der Waals surface area (Å²) in [7, 11) is 1.51. The molecule has 3 rings (SSSR count). The first-order chi connectivity index (χ1) is 15.1. The lowest BCUT2D eigenvalue weighted by Crippen LogP contribution is -2.29. The van der Waals surface area contributed by atoms with E-state index in [9.17, 15) is 22.8 Å². The maximum atomic E-state index is 13.0. The average molecular weight is 486 g/mol. The number of amides is 1. The maximum Gasteiger partial charge on any atom is 0.417 e. The van der Waals surface area contributed by atoms with Crippen LogP contribution in [0.25, 0.3) is 10.9 Å². The number of benzene rings is 2. The fourth-order valence-corrected chi connectivity index (χ4v) is 4.20. The highest BCUT2D eigenvalue weighted by Crippen LogP contribution is 2.36. The lowest BCUT2D eigenvalue weighted by atomic mass is 10.2. The number of hydrogen-bond acceptors (Lipinski definition) is 5. The number of carbonyl (C=O) groups is 1. The fourth-order valence-electron chi connectivity index (χ4n) is 3.08. The van der Waals surface area contributed by atoms with Gasteiger partial charge in [0, 0.05) is 12.8 Å². The molecule has 0 aliphatic heterocycles. The van der Waals surface area contributed by atoms with Gasteiger partial charge in [-0.25, -0.2) is 4.98 Å². The first-order valence-corrected chi connectivity index (χ1v) is 10.8. The Bertz CT molecular complexity index is 1200. The molecule has 0 aliphatic rings. The van der Waals surface area contributed by atoms with Gasteiger partial charge in [0.2, 0.25) is 5.91 Å². The number of aromatic nitrogens is 2. The van der Waals surface area contributed by atoms with Gasteiger partial charge in [0.15, 0.2) is 5.16 Å². The van der Waals surface area contributed by atoms with E-state index in [-0.39, 0.29) is 29.6 Å². The predicted octanol–water partition coefficient (Wildman–Crippen LogP) is 5.01. The molecule has 32 heavy (non-hydrogen) atoms. The summed E-state index contributed by atoms with van der Waals surface area (Å²) >= 11 is 6.61. The minimum Gasteiger partial charge on any atom is -0.383 e. The molecule has 0 spiro atoms. The van der Waals surface area contributed by atoms with Gasteiger partial charge in [0.1, 0.15) is 0 Å². The standard InChI is InChI=1S/C21H19ClF3N3O3S/c1-12(10-31-2)28-19(30)14-5-3-4-6-17(14)27-20(28)32-11-18(29)26-13-7-8-16(22)15(9-13)21(23,24)25/h3-9,12H,10-11H2,1-2H3,(H,26,29). The van der Waals surface area contributed by atoms with Crippen LogP contribution in [-0.2, 0) is 15.7 Å². The summed E-state index contributed by atoms with van der Waals surface area (Å²) in [5.74, 6) is -0.729. The second kappa shape index (κ2) is 9.93. The quantitative estimate of drug-likeness (QED) is 0.376. The zero-order chi connectivity index (χ0) is 23.5. The van der Waals surface area contributed by atoms with Crippen LogP contribution in [0, 0.1) is 0 Å². The molecular weight excluding hydrogens is 467 g/mol. The number of rotatable bonds is 7. The molecule has 0 fully saturated rings. The SMILES string of the molecule is COCC(C)n1c(SCC(=O)Nc2ccc(Cl)c(C(F)(F)F)c2)nc2ccccc2c1=O. The molecular formula is C21H19ClF3N3O3S. The highest BCUT2D eigenvalue weighted by Gasteiger charge is 2.33. The number of methoxy groups -OCH3 is 1. The zero-order valence-electron chi connectivity index (χ0n) is 17.1. The average Bonchev–Trinajstić information content (AvgIpc) is 2.73. The number of nitrogens with one attached hydrogen (secondary N) is 1. The molecule has 1 unspecified atom stereocenters. The van der Waals surface area contributed by atoms with Gasteiger partial charge in [0.05, 0.1) is 39.9 Å². The number of nitrogens with zero attached hydrogens (tertiary/aromatic N) is 2. The van der Waals surface area contributed by atoms with Crippen molar-refractivity contribution in [2.75, 3.05) is 24.8 Å². The van der Waals surface area contributed by atoms with Crippen molar-refractivity contribution in [1.82, 2.24) is 9.55 Å². The van der Waals surface area contributed by atoms with E-state index in [4.69, 9.17) is 16.3 Å². The summed E-state index contributed by atoms with van der Waals surface area (Å²) in [6.45, 7) is 2.04. The van der Waals surface area contributed by atoms with Crippen molar-refractivity contribution >= 4 is 45.9 Å². The second-order valence-electron chi connectivity index (χ2n) is 6.92. The van der Waals surface area contributed by atoms with Crippen molar-refractivity contribution in [3.8, 4) is 0 Å². The van der Waals surface area contributed by atoms with Gasteiger partial charge in [-0.15, -0.1) is 0 Å². The molecule has 0 aliphatic carbocycles. The molecule has 1 atom stereocenters. The van der Waals surface area contributed by atoms with Crippen LogP contribution in [0.15, 0.2) is 52.4 Å². The summed E-state index contributed by atoms with van der Waals surface area (Å²) in [4.78, 5) is 29.9. The highest BCUT2D eigenvalue weighted by atomic mass is 35.5. The third kappa shape index (κ3) is 5.43. The van der Waals surface area contributed by atoms with E-state index in [1.54, 1.807) is 31.2 Å². The smallest absolute Gasteiger partial charge is 0.383 e. The molecule has 0 bridgehead atoms. The van der Waals surface area contributed by atoms with Crippen LogP contribution in [0.2, 0.25) is 5.02 Å². The van der Waals surface area contributed by atoms with Crippen LogP contribution in [-0.4, -0.2) is 34.9 Å². The normalized spacial score (nSPS) is 12.7. The number of fused-ring (bicyclic) bond motifs is 1. The summed E-state index contributed by atoms with van der Waals surface area (Å²) in [5, 5.41) is 2.70. The minimum atomic E-state index is -4.64. The molecule has 2 aromatic carbocycles. The fraction of sp³-hybridized carbons (Fsp3) is 0.286. The number of hydrogen-bond donors (Lipinski definition) is 1. The molecule has 3 aromatic rings. The molecule has 0 radical (unpaired) electrons. The molecule has 1 N–H and O–H groups in total. The van der Waals surface area contributed by atoms with Gasteiger partial charge in [-0.3, -0.25) is 14.2 Å². The Morgan fingerprint density at radius 1 is 1.28 bits per heavy atom. The summed E-state index contributed by atoms with van der Waals surface area (Å²) in [5.41, 5.74) is -0.864.